The smallest absolute Gasteiger partial charge is 0.164 e. The molecule has 2 aliphatic rings. The van der Waals surface area contributed by atoms with Crippen molar-refractivity contribution >= 4 is 72.2 Å². The Morgan fingerprint density at radius 2 is 1.32 bits per heavy atom. The maximum Gasteiger partial charge on any atom is 0.164 e. The lowest BCUT2D eigenvalue weighted by Gasteiger charge is -2.20. The molecule has 10 aromatic rings. The minimum Gasteiger partial charge on any atom is -0.456 e. The second kappa shape index (κ2) is 12.5. The normalized spacial score (nSPS) is 15.1. The molecule has 0 saturated carbocycles. The molecule has 0 N–H and O–H groups in total. The van der Waals surface area contributed by atoms with Crippen molar-refractivity contribution in [2.24, 2.45) is 0 Å². The van der Waals surface area contributed by atoms with E-state index < -0.39 is 0 Å². The molecule has 12 rings (SSSR count). The molecule has 270 valence electrons. The SMILES string of the molecule is CC1CC(c2cc(-c3nc(-c4ccc5c(c4)C=CCC5)nc(-c4ccc5ccccc5c4)n3)c3c(c2)oc2ccccc23)=Cc2oc3c(ccc4ccccc43)c21. The summed E-state index contributed by atoms with van der Waals surface area (Å²) in [6.07, 6.45) is 9.65. The first kappa shape index (κ1) is 32.2. The molecular weight excluding hydrogens is 699 g/mol. The fraction of sp³-hybridized carbons (Fsp3) is 0.0962. The van der Waals surface area contributed by atoms with Crippen LogP contribution in [-0.4, -0.2) is 15.0 Å². The number of fused-ring (bicyclic) bond motifs is 10. The van der Waals surface area contributed by atoms with Gasteiger partial charge in [-0.25, -0.2) is 15.0 Å². The van der Waals surface area contributed by atoms with Gasteiger partial charge in [-0.15, -0.1) is 0 Å². The van der Waals surface area contributed by atoms with Gasteiger partial charge in [0.15, 0.2) is 17.5 Å². The second-order valence-corrected chi connectivity index (χ2v) is 15.5. The summed E-state index contributed by atoms with van der Waals surface area (Å²) in [7, 11) is 0. The molecule has 0 bridgehead atoms. The molecule has 57 heavy (non-hydrogen) atoms. The van der Waals surface area contributed by atoms with Crippen molar-refractivity contribution in [1.29, 1.82) is 0 Å². The van der Waals surface area contributed by atoms with Crippen molar-refractivity contribution in [3.8, 4) is 34.2 Å². The number of rotatable bonds is 4. The zero-order valence-electron chi connectivity index (χ0n) is 31.3. The molecule has 0 spiro atoms. The number of hydrogen-bond acceptors (Lipinski definition) is 5. The van der Waals surface area contributed by atoms with E-state index in [1.54, 1.807) is 0 Å². The maximum atomic E-state index is 6.74. The van der Waals surface area contributed by atoms with Crippen LogP contribution in [0.5, 0.6) is 0 Å². The summed E-state index contributed by atoms with van der Waals surface area (Å²) in [6, 6.07) is 47.0. The third-order valence-corrected chi connectivity index (χ3v) is 12.0. The summed E-state index contributed by atoms with van der Waals surface area (Å²) >= 11 is 0. The molecule has 5 heteroatoms. The Balaban J connectivity index is 1.09. The summed E-state index contributed by atoms with van der Waals surface area (Å²) in [4.78, 5) is 15.8. The highest BCUT2D eigenvalue weighted by Crippen LogP contribution is 2.47. The highest BCUT2D eigenvalue weighted by Gasteiger charge is 2.27. The third-order valence-electron chi connectivity index (χ3n) is 12.0. The lowest BCUT2D eigenvalue weighted by atomic mass is 9.83. The number of benzene rings is 7. The van der Waals surface area contributed by atoms with Crippen molar-refractivity contribution in [1.82, 2.24) is 15.0 Å². The van der Waals surface area contributed by atoms with Gasteiger partial charge in [-0.1, -0.05) is 122 Å². The highest BCUT2D eigenvalue weighted by atomic mass is 16.3. The molecule has 5 nitrogen and oxygen atoms in total. The molecule has 2 aliphatic carbocycles. The van der Waals surface area contributed by atoms with E-state index in [2.05, 4.69) is 146 Å². The Labute approximate surface area is 328 Å². The number of aromatic nitrogens is 3. The third kappa shape index (κ3) is 5.19. The van der Waals surface area contributed by atoms with Gasteiger partial charge in [0, 0.05) is 43.8 Å². The van der Waals surface area contributed by atoms with Crippen LogP contribution in [0.25, 0.3) is 106 Å². The second-order valence-electron chi connectivity index (χ2n) is 15.5. The molecule has 0 aliphatic heterocycles. The zero-order chi connectivity index (χ0) is 37.6. The van der Waals surface area contributed by atoms with Crippen LogP contribution in [0.4, 0.5) is 0 Å². The average molecular weight is 734 g/mol. The van der Waals surface area contributed by atoms with Gasteiger partial charge in [-0.05, 0) is 100 Å². The number of nitrogens with zero attached hydrogens (tertiary/aromatic N) is 3. The van der Waals surface area contributed by atoms with Gasteiger partial charge in [-0.3, -0.25) is 0 Å². The van der Waals surface area contributed by atoms with Gasteiger partial charge >= 0.3 is 0 Å². The van der Waals surface area contributed by atoms with E-state index in [1.165, 1.54) is 38.4 Å². The summed E-state index contributed by atoms with van der Waals surface area (Å²) < 4.78 is 13.4. The average Bonchev–Trinajstić information content (AvgIpc) is 3.85. The van der Waals surface area contributed by atoms with Crippen LogP contribution >= 0.6 is 0 Å². The molecule has 7 aromatic carbocycles. The lowest BCUT2D eigenvalue weighted by molar-refractivity contribution is 0.590. The molecule has 0 amide bonds. The maximum absolute atomic E-state index is 6.74. The minimum absolute atomic E-state index is 0.249. The highest BCUT2D eigenvalue weighted by molar-refractivity contribution is 6.13. The molecule has 3 aromatic heterocycles. The van der Waals surface area contributed by atoms with Crippen molar-refractivity contribution < 1.29 is 8.83 Å². The Morgan fingerprint density at radius 1 is 0.579 bits per heavy atom. The number of furan rings is 2. The van der Waals surface area contributed by atoms with Crippen LogP contribution in [0.3, 0.4) is 0 Å². The molecule has 0 radical (unpaired) electrons. The van der Waals surface area contributed by atoms with Crippen molar-refractivity contribution in [2.75, 3.05) is 0 Å². The predicted molar refractivity (Wildman–Crippen MR) is 233 cm³/mol. The van der Waals surface area contributed by atoms with Crippen molar-refractivity contribution in [2.45, 2.75) is 32.1 Å². The van der Waals surface area contributed by atoms with Crippen LogP contribution in [0.2, 0.25) is 0 Å². The van der Waals surface area contributed by atoms with Crippen LogP contribution in [0.15, 0.2) is 148 Å². The number of para-hydroxylation sites is 1. The number of aryl methyl sites for hydroxylation is 1. The Morgan fingerprint density at radius 3 is 2.21 bits per heavy atom. The lowest BCUT2D eigenvalue weighted by Crippen LogP contribution is -2.04. The monoisotopic (exact) mass is 733 g/mol. The Bertz CT molecular complexity index is 3360. The van der Waals surface area contributed by atoms with E-state index in [-0.39, 0.29) is 5.92 Å². The first-order valence-corrected chi connectivity index (χ1v) is 19.8. The summed E-state index contributed by atoms with van der Waals surface area (Å²) in [5.74, 6) is 3.04. The molecule has 1 atom stereocenters. The van der Waals surface area contributed by atoms with Crippen LogP contribution in [0, 0.1) is 0 Å². The van der Waals surface area contributed by atoms with E-state index in [9.17, 15) is 0 Å². The van der Waals surface area contributed by atoms with Gasteiger partial charge in [0.25, 0.3) is 0 Å². The summed E-state index contributed by atoms with van der Waals surface area (Å²) in [5, 5.41) is 7.84. The van der Waals surface area contributed by atoms with Gasteiger partial charge < -0.3 is 8.83 Å². The summed E-state index contributed by atoms with van der Waals surface area (Å²) in [5.41, 5.74) is 11.5. The van der Waals surface area contributed by atoms with E-state index in [1.807, 2.05) is 12.1 Å². The molecule has 3 heterocycles. The van der Waals surface area contributed by atoms with Gasteiger partial charge in [-0.2, -0.15) is 0 Å². The van der Waals surface area contributed by atoms with Crippen molar-refractivity contribution in [3.63, 3.8) is 0 Å². The van der Waals surface area contributed by atoms with Crippen LogP contribution < -0.4 is 0 Å². The van der Waals surface area contributed by atoms with E-state index >= 15 is 0 Å². The standard InChI is InChI=1S/C52H35N3O2/c1-30-24-38(28-45-47(30)42-23-22-33-12-6-7-15-40(33)49(42)57-45)39-27-43(48-41-16-8-9-17-44(41)56-46(48)29-39)52-54-50(36-20-18-31-10-2-4-13-34(31)25-36)53-51(55-52)37-21-19-32-11-3-5-14-35(32)26-37/h2,4-10,12-23,25-30H,3,11,24H2,1H3. The summed E-state index contributed by atoms with van der Waals surface area (Å²) in [6.45, 7) is 2.30. The zero-order valence-corrected chi connectivity index (χ0v) is 31.3. The minimum atomic E-state index is 0.249. The van der Waals surface area contributed by atoms with E-state index in [0.717, 1.165) is 85.6 Å². The van der Waals surface area contributed by atoms with Gasteiger partial charge in [0.2, 0.25) is 0 Å². The predicted octanol–water partition coefficient (Wildman–Crippen LogP) is 13.8. The molecule has 0 fully saturated rings. The van der Waals surface area contributed by atoms with Gasteiger partial charge in [0.05, 0.1) is 0 Å². The van der Waals surface area contributed by atoms with Gasteiger partial charge in [0.1, 0.15) is 22.5 Å². The number of hydrogen-bond donors (Lipinski definition) is 0. The molecular formula is C52H35N3O2. The Kier molecular flexibility index (Phi) is 7.03. The number of allylic oxidation sites excluding steroid dienone is 2. The topological polar surface area (TPSA) is 65.0 Å². The molecule has 0 saturated heterocycles. The quantitative estimate of drug-likeness (QED) is 0.180. The fourth-order valence-electron chi connectivity index (χ4n) is 9.19. The van der Waals surface area contributed by atoms with Crippen LogP contribution in [0.1, 0.15) is 53.7 Å². The van der Waals surface area contributed by atoms with E-state index in [0.29, 0.717) is 17.5 Å². The van der Waals surface area contributed by atoms with Crippen LogP contribution in [-0.2, 0) is 6.42 Å². The largest absolute Gasteiger partial charge is 0.456 e. The first-order chi connectivity index (χ1) is 28.1. The Hall–Kier alpha value is -7.11. The first-order valence-electron chi connectivity index (χ1n) is 19.8. The molecule has 1 unspecified atom stereocenters. The van der Waals surface area contributed by atoms with Crippen molar-refractivity contribution in [3.05, 3.63) is 168 Å². The van der Waals surface area contributed by atoms with E-state index in [4.69, 9.17) is 23.8 Å². The fourth-order valence-corrected chi connectivity index (χ4v) is 9.19.